The zero-order valence-corrected chi connectivity index (χ0v) is 20.6. The van der Waals surface area contributed by atoms with Crippen molar-refractivity contribution in [3.63, 3.8) is 0 Å². The Balaban J connectivity index is 0.00000160. The number of azo groups is 1. The molecule has 4 nitrogen and oxygen atoms in total. The van der Waals surface area contributed by atoms with Gasteiger partial charge in [-0.05, 0) is 43.0 Å². The Hall–Kier alpha value is -1.36. The Labute approximate surface area is 198 Å². The fraction of sp³-hybridized carbons (Fsp3) is 0.500. The number of ether oxygens (including phenoxy) is 1. The van der Waals surface area contributed by atoms with Gasteiger partial charge in [0.1, 0.15) is 22.7 Å². The fourth-order valence-corrected chi connectivity index (χ4v) is 5.10. The Morgan fingerprint density at radius 3 is 2.31 bits per heavy atom. The smallest absolute Gasteiger partial charge is 1.00 e. The maximum Gasteiger partial charge on any atom is 1.00 e. The third-order valence-corrected chi connectivity index (χ3v) is 6.83. The maximum absolute atomic E-state index is 6.74. The van der Waals surface area contributed by atoms with Crippen molar-refractivity contribution >= 4 is 17.1 Å². The molecule has 29 heavy (non-hydrogen) atoms. The molecule has 0 spiro atoms. The average molecular weight is 402 g/mol. The van der Waals surface area contributed by atoms with E-state index in [1.165, 1.54) is 12.8 Å². The summed E-state index contributed by atoms with van der Waals surface area (Å²) in [5.74, 6) is 2.19. The van der Waals surface area contributed by atoms with Gasteiger partial charge < -0.3 is 11.1 Å². The van der Waals surface area contributed by atoms with Crippen molar-refractivity contribution in [2.75, 3.05) is 19.0 Å². The standard InChI is InChI=1S/C24H31N3O.Na.H/c1-17-14-15-22-23(2,3)24(22,16-17)28-21-13-9-7-11-19(21)26-25-18-10-6-8-12-20(18)27(4)5;;/h6-13,17,22H,14-16H2,1-5H3;;/q;+1;-1. The van der Waals surface area contributed by atoms with Crippen LogP contribution < -0.4 is 39.2 Å². The van der Waals surface area contributed by atoms with Crippen molar-refractivity contribution in [3.05, 3.63) is 48.5 Å². The molecule has 0 N–H and O–H groups in total. The molecule has 150 valence electrons. The number of fused-ring (bicyclic) bond motifs is 1. The van der Waals surface area contributed by atoms with Crippen LogP contribution in [-0.2, 0) is 0 Å². The van der Waals surface area contributed by atoms with Gasteiger partial charge in [0.2, 0.25) is 0 Å². The first-order chi connectivity index (χ1) is 13.3. The van der Waals surface area contributed by atoms with Gasteiger partial charge in [0, 0.05) is 25.4 Å². The summed E-state index contributed by atoms with van der Waals surface area (Å²) < 4.78 is 6.74. The van der Waals surface area contributed by atoms with Crippen molar-refractivity contribution in [1.29, 1.82) is 0 Å². The van der Waals surface area contributed by atoms with Crippen LogP contribution >= 0.6 is 0 Å². The van der Waals surface area contributed by atoms with Gasteiger partial charge in [0.05, 0.1) is 5.69 Å². The van der Waals surface area contributed by atoms with E-state index in [-0.39, 0.29) is 42.0 Å². The second-order valence-corrected chi connectivity index (χ2v) is 9.20. The normalized spacial score (nSPS) is 27.1. The van der Waals surface area contributed by atoms with Crippen LogP contribution in [0.1, 0.15) is 41.5 Å². The molecule has 5 heteroatoms. The third kappa shape index (κ3) is 3.99. The number of rotatable bonds is 5. The summed E-state index contributed by atoms with van der Waals surface area (Å²) in [5, 5.41) is 9.12. The first kappa shape index (κ1) is 22.3. The summed E-state index contributed by atoms with van der Waals surface area (Å²) in [6.07, 6.45) is 3.69. The number of para-hydroxylation sites is 2. The largest absolute Gasteiger partial charge is 1.00 e. The van der Waals surface area contributed by atoms with Crippen LogP contribution in [0.4, 0.5) is 17.1 Å². The van der Waals surface area contributed by atoms with Gasteiger partial charge >= 0.3 is 29.6 Å². The van der Waals surface area contributed by atoms with Crippen molar-refractivity contribution in [1.82, 2.24) is 0 Å². The van der Waals surface area contributed by atoms with Crippen molar-refractivity contribution < 1.29 is 35.7 Å². The van der Waals surface area contributed by atoms with Gasteiger partial charge in [-0.2, -0.15) is 0 Å². The zero-order valence-electron chi connectivity index (χ0n) is 19.6. The van der Waals surface area contributed by atoms with Crippen LogP contribution in [0.5, 0.6) is 5.75 Å². The van der Waals surface area contributed by atoms with E-state index < -0.39 is 0 Å². The second-order valence-electron chi connectivity index (χ2n) is 9.20. The Morgan fingerprint density at radius 2 is 1.59 bits per heavy atom. The van der Waals surface area contributed by atoms with Gasteiger partial charge in [-0.3, -0.25) is 0 Å². The number of hydrogen-bond donors (Lipinski definition) is 0. The molecular weight excluding hydrogens is 369 g/mol. The molecule has 2 aromatic carbocycles. The van der Waals surface area contributed by atoms with E-state index in [1.807, 2.05) is 56.6 Å². The third-order valence-electron chi connectivity index (χ3n) is 6.83. The molecule has 0 heterocycles. The van der Waals surface area contributed by atoms with Crippen molar-refractivity contribution in [2.24, 2.45) is 27.5 Å². The molecular formula is C24H32N3NaO. The summed E-state index contributed by atoms with van der Waals surface area (Å²) in [6, 6.07) is 16.1. The van der Waals surface area contributed by atoms with Crippen LogP contribution in [0.15, 0.2) is 58.8 Å². The molecule has 3 atom stereocenters. The molecule has 3 unspecified atom stereocenters. The summed E-state index contributed by atoms with van der Waals surface area (Å²) in [4.78, 5) is 2.05. The predicted molar refractivity (Wildman–Crippen MR) is 116 cm³/mol. The molecule has 0 amide bonds. The van der Waals surface area contributed by atoms with Crippen molar-refractivity contribution in [2.45, 2.75) is 45.6 Å². The molecule has 2 fully saturated rings. The fourth-order valence-electron chi connectivity index (χ4n) is 5.10. The summed E-state index contributed by atoms with van der Waals surface area (Å²) in [6.45, 7) is 7.06. The summed E-state index contributed by atoms with van der Waals surface area (Å²) >= 11 is 0. The summed E-state index contributed by atoms with van der Waals surface area (Å²) in [7, 11) is 4.04. The Kier molecular flexibility index (Phi) is 6.47. The molecule has 2 aliphatic carbocycles. The molecule has 0 aromatic heterocycles. The van der Waals surface area contributed by atoms with Gasteiger partial charge in [-0.15, -0.1) is 10.2 Å². The van der Waals surface area contributed by atoms with Crippen molar-refractivity contribution in [3.8, 4) is 5.75 Å². The SMILES string of the molecule is CC1CCC2C(C)(C)C2(Oc2ccccc2N=Nc2ccccc2N(C)C)C1.[H-].[Na+]. The molecule has 2 aliphatic rings. The van der Waals surface area contributed by atoms with E-state index in [1.54, 1.807) is 0 Å². The van der Waals surface area contributed by atoms with E-state index in [0.717, 1.165) is 29.2 Å². The average Bonchev–Trinajstić information content (AvgIpc) is 3.14. The van der Waals surface area contributed by atoms with Gasteiger partial charge in [-0.1, -0.05) is 51.5 Å². The minimum absolute atomic E-state index is 0. The Bertz CT molecular complexity index is 902. The molecule has 0 bridgehead atoms. The van der Waals surface area contributed by atoms with Crippen LogP contribution in [0.3, 0.4) is 0 Å². The number of anilines is 1. The molecule has 0 aliphatic heterocycles. The van der Waals surface area contributed by atoms with Gasteiger partial charge in [0.15, 0.2) is 0 Å². The Morgan fingerprint density at radius 1 is 0.966 bits per heavy atom. The van der Waals surface area contributed by atoms with E-state index in [9.17, 15) is 0 Å². The predicted octanol–water partition coefficient (Wildman–Crippen LogP) is 3.88. The number of nitrogens with zero attached hydrogens (tertiary/aromatic N) is 3. The van der Waals surface area contributed by atoms with E-state index >= 15 is 0 Å². The first-order valence-corrected chi connectivity index (χ1v) is 10.3. The maximum atomic E-state index is 6.74. The van der Waals surface area contributed by atoms with Crippen LogP contribution in [-0.4, -0.2) is 19.7 Å². The molecule has 0 radical (unpaired) electrons. The van der Waals surface area contributed by atoms with E-state index in [4.69, 9.17) is 4.74 Å². The minimum atomic E-state index is -0.0577. The van der Waals surface area contributed by atoms with Gasteiger partial charge in [-0.25, -0.2) is 0 Å². The van der Waals surface area contributed by atoms with E-state index in [2.05, 4.69) is 42.0 Å². The topological polar surface area (TPSA) is 37.2 Å². The quantitative estimate of drug-likeness (QED) is 0.563. The minimum Gasteiger partial charge on any atom is -1.00 e. The van der Waals surface area contributed by atoms with Gasteiger partial charge in [0.25, 0.3) is 0 Å². The number of benzene rings is 2. The van der Waals surface area contributed by atoms with E-state index in [0.29, 0.717) is 11.8 Å². The number of hydrogen-bond acceptors (Lipinski definition) is 4. The molecule has 2 saturated carbocycles. The summed E-state index contributed by atoms with van der Waals surface area (Å²) in [5.41, 5.74) is 2.87. The van der Waals surface area contributed by atoms with Crippen LogP contribution in [0, 0.1) is 17.3 Å². The molecule has 2 aromatic rings. The van der Waals surface area contributed by atoms with Crippen LogP contribution in [0.25, 0.3) is 0 Å². The zero-order chi connectivity index (χ0) is 19.9. The van der Waals surface area contributed by atoms with Crippen LogP contribution in [0.2, 0.25) is 0 Å². The monoisotopic (exact) mass is 401 g/mol. The second kappa shape index (κ2) is 8.41. The molecule has 0 saturated heterocycles. The first-order valence-electron chi connectivity index (χ1n) is 10.3. The molecule has 4 rings (SSSR count).